The highest BCUT2D eigenvalue weighted by atomic mass is 32.1. The van der Waals surface area contributed by atoms with Crippen molar-refractivity contribution >= 4 is 11.3 Å². The Morgan fingerprint density at radius 3 is 2.88 bits per heavy atom. The van der Waals surface area contributed by atoms with Crippen LogP contribution in [0.25, 0.3) is 10.6 Å². The Labute approximate surface area is 104 Å². The third-order valence-electron chi connectivity index (χ3n) is 2.19. The van der Waals surface area contributed by atoms with Gasteiger partial charge in [0.2, 0.25) is 0 Å². The topological polar surface area (TPSA) is 63.6 Å². The van der Waals surface area contributed by atoms with Gasteiger partial charge in [0, 0.05) is 24.6 Å². The van der Waals surface area contributed by atoms with E-state index in [4.69, 9.17) is 0 Å². The Hall–Kier alpha value is -1.40. The van der Waals surface area contributed by atoms with Crippen molar-refractivity contribution in [2.75, 3.05) is 6.54 Å². The van der Waals surface area contributed by atoms with E-state index in [0.717, 1.165) is 28.5 Å². The first-order valence-electron chi connectivity index (χ1n) is 5.58. The summed E-state index contributed by atoms with van der Waals surface area (Å²) in [6, 6.07) is 2.40. The molecule has 2 heterocycles. The number of nitrogens with zero attached hydrogens (tertiary/aromatic N) is 4. The molecule has 1 N–H and O–H groups in total. The molecular weight excluding hydrogens is 234 g/mol. The van der Waals surface area contributed by atoms with Crippen LogP contribution >= 0.6 is 11.3 Å². The molecule has 0 spiro atoms. The summed E-state index contributed by atoms with van der Waals surface area (Å²) in [6.45, 7) is 5.20. The largest absolute Gasteiger partial charge is 0.314 e. The zero-order valence-electron chi connectivity index (χ0n) is 9.92. The van der Waals surface area contributed by atoms with E-state index in [1.165, 1.54) is 0 Å². The summed E-state index contributed by atoms with van der Waals surface area (Å²) in [6.07, 6.45) is 4.28. The van der Waals surface area contributed by atoms with E-state index in [2.05, 4.69) is 39.6 Å². The maximum absolute atomic E-state index is 4.17. The molecule has 0 fully saturated rings. The van der Waals surface area contributed by atoms with Crippen LogP contribution in [-0.2, 0) is 6.42 Å². The van der Waals surface area contributed by atoms with Gasteiger partial charge in [0.15, 0.2) is 0 Å². The Morgan fingerprint density at radius 2 is 2.18 bits per heavy atom. The fraction of sp³-hybridized carbons (Fsp3) is 0.455. The monoisotopic (exact) mass is 249 g/mol. The minimum Gasteiger partial charge on any atom is -0.314 e. The third kappa shape index (κ3) is 3.54. The van der Waals surface area contributed by atoms with Crippen LogP contribution < -0.4 is 5.32 Å². The van der Waals surface area contributed by atoms with Gasteiger partial charge >= 0.3 is 0 Å². The van der Waals surface area contributed by atoms with Crippen molar-refractivity contribution < 1.29 is 0 Å². The summed E-state index contributed by atoms with van der Waals surface area (Å²) < 4.78 is 0. The average Bonchev–Trinajstić information content (AvgIpc) is 2.78. The van der Waals surface area contributed by atoms with Gasteiger partial charge in [0.1, 0.15) is 10.0 Å². The second-order valence-electron chi connectivity index (χ2n) is 3.99. The molecule has 0 unspecified atom stereocenters. The minimum atomic E-state index is 0.506. The molecule has 0 saturated heterocycles. The molecule has 0 aliphatic heterocycles. The van der Waals surface area contributed by atoms with Gasteiger partial charge in [-0.2, -0.15) is 10.2 Å². The molecular formula is C11H15N5S. The lowest BCUT2D eigenvalue weighted by molar-refractivity contribution is 0.588. The number of aromatic nitrogens is 4. The van der Waals surface area contributed by atoms with E-state index in [1.807, 2.05) is 6.07 Å². The average molecular weight is 249 g/mol. The molecule has 2 aromatic rings. The molecule has 2 aromatic heterocycles. The highest BCUT2D eigenvalue weighted by Crippen LogP contribution is 2.21. The van der Waals surface area contributed by atoms with Gasteiger partial charge in [0.05, 0.1) is 12.4 Å². The first-order valence-corrected chi connectivity index (χ1v) is 6.40. The molecule has 0 atom stereocenters. The highest BCUT2D eigenvalue weighted by Gasteiger charge is 2.06. The van der Waals surface area contributed by atoms with Crippen molar-refractivity contribution in [3.05, 3.63) is 23.5 Å². The van der Waals surface area contributed by atoms with Crippen LogP contribution in [0.5, 0.6) is 0 Å². The van der Waals surface area contributed by atoms with Crippen LogP contribution in [0.2, 0.25) is 0 Å². The predicted molar refractivity (Wildman–Crippen MR) is 67.8 cm³/mol. The number of hydrogen-bond acceptors (Lipinski definition) is 6. The fourth-order valence-corrected chi connectivity index (χ4v) is 2.19. The first kappa shape index (κ1) is 12.1. The fourth-order valence-electron chi connectivity index (χ4n) is 1.36. The SMILES string of the molecule is CC(C)NCCc1nnc(-c2ccnnc2)s1. The number of nitrogens with one attached hydrogen (secondary N) is 1. The van der Waals surface area contributed by atoms with Crippen molar-refractivity contribution in [1.29, 1.82) is 0 Å². The second-order valence-corrected chi connectivity index (χ2v) is 5.05. The lowest BCUT2D eigenvalue weighted by Gasteiger charge is -2.04. The summed E-state index contributed by atoms with van der Waals surface area (Å²) in [7, 11) is 0. The zero-order valence-corrected chi connectivity index (χ0v) is 10.7. The Morgan fingerprint density at radius 1 is 1.29 bits per heavy atom. The van der Waals surface area contributed by atoms with Gasteiger partial charge in [-0.25, -0.2) is 0 Å². The number of hydrogen-bond donors (Lipinski definition) is 1. The number of rotatable bonds is 5. The Balaban J connectivity index is 1.97. The van der Waals surface area contributed by atoms with Gasteiger partial charge in [-0.05, 0) is 6.07 Å². The zero-order chi connectivity index (χ0) is 12.1. The standard InChI is InChI=1S/C11H15N5S/c1-8(2)12-5-4-10-15-16-11(17-10)9-3-6-13-14-7-9/h3,6-8,12H,4-5H2,1-2H3. The van der Waals surface area contributed by atoms with E-state index < -0.39 is 0 Å². The molecule has 5 nitrogen and oxygen atoms in total. The molecule has 0 saturated carbocycles. The first-order chi connectivity index (χ1) is 8.25. The molecule has 0 amide bonds. The van der Waals surface area contributed by atoms with Gasteiger partial charge in [-0.1, -0.05) is 25.2 Å². The molecule has 0 aliphatic carbocycles. The highest BCUT2D eigenvalue weighted by molar-refractivity contribution is 7.14. The molecule has 6 heteroatoms. The van der Waals surface area contributed by atoms with E-state index in [-0.39, 0.29) is 0 Å². The molecule has 0 aromatic carbocycles. The maximum atomic E-state index is 4.17. The summed E-state index contributed by atoms with van der Waals surface area (Å²) in [5.74, 6) is 0. The lowest BCUT2D eigenvalue weighted by Crippen LogP contribution is -2.24. The van der Waals surface area contributed by atoms with Crippen molar-refractivity contribution in [2.45, 2.75) is 26.3 Å². The van der Waals surface area contributed by atoms with Crippen molar-refractivity contribution in [3.63, 3.8) is 0 Å². The van der Waals surface area contributed by atoms with Crippen LogP contribution in [0.1, 0.15) is 18.9 Å². The van der Waals surface area contributed by atoms with E-state index in [0.29, 0.717) is 6.04 Å². The van der Waals surface area contributed by atoms with E-state index in [9.17, 15) is 0 Å². The van der Waals surface area contributed by atoms with Gasteiger partial charge < -0.3 is 5.32 Å². The maximum Gasteiger partial charge on any atom is 0.149 e. The summed E-state index contributed by atoms with van der Waals surface area (Å²) in [5.41, 5.74) is 0.973. The van der Waals surface area contributed by atoms with Gasteiger partial charge in [-0.15, -0.1) is 10.2 Å². The minimum absolute atomic E-state index is 0.506. The van der Waals surface area contributed by atoms with Crippen LogP contribution in [0.4, 0.5) is 0 Å². The smallest absolute Gasteiger partial charge is 0.149 e. The molecule has 17 heavy (non-hydrogen) atoms. The summed E-state index contributed by atoms with van der Waals surface area (Å²) in [5, 5.41) is 21.2. The van der Waals surface area contributed by atoms with Crippen LogP contribution in [0.3, 0.4) is 0 Å². The van der Waals surface area contributed by atoms with E-state index >= 15 is 0 Å². The van der Waals surface area contributed by atoms with Crippen LogP contribution in [0, 0.1) is 0 Å². The predicted octanol–water partition coefficient (Wildman–Crippen LogP) is 1.54. The van der Waals surface area contributed by atoms with Crippen molar-refractivity contribution in [2.24, 2.45) is 0 Å². The molecule has 0 radical (unpaired) electrons. The summed E-state index contributed by atoms with van der Waals surface area (Å²) in [4.78, 5) is 0. The van der Waals surface area contributed by atoms with Crippen LogP contribution in [-0.4, -0.2) is 33.0 Å². The van der Waals surface area contributed by atoms with Crippen LogP contribution in [0.15, 0.2) is 18.5 Å². The molecule has 90 valence electrons. The van der Waals surface area contributed by atoms with Crippen molar-refractivity contribution in [3.8, 4) is 10.6 Å². The third-order valence-corrected chi connectivity index (χ3v) is 3.22. The second kappa shape index (κ2) is 5.79. The van der Waals surface area contributed by atoms with Gasteiger partial charge in [-0.3, -0.25) is 0 Å². The van der Waals surface area contributed by atoms with Gasteiger partial charge in [0.25, 0.3) is 0 Å². The Kier molecular flexibility index (Phi) is 4.11. The Bertz CT molecular complexity index is 454. The molecule has 0 aliphatic rings. The lowest BCUT2D eigenvalue weighted by atomic mass is 10.3. The van der Waals surface area contributed by atoms with E-state index in [1.54, 1.807) is 23.7 Å². The molecule has 2 rings (SSSR count). The van der Waals surface area contributed by atoms with Crippen molar-refractivity contribution in [1.82, 2.24) is 25.7 Å². The summed E-state index contributed by atoms with van der Waals surface area (Å²) >= 11 is 1.61. The molecule has 0 bridgehead atoms. The quantitative estimate of drug-likeness (QED) is 0.870. The normalized spacial score (nSPS) is 11.0.